The fraction of sp³-hybridized carbons (Fsp3) is 0.316. The first-order valence-corrected chi connectivity index (χ1v) is 9.95. The number of hydrogen-bond donors (Lipinski definition) is 0. The van der Waals surface area contributed by atoms with Crippen molar-refractivity contribution in [3.8, 4) is 0 Å². The maximum atomic E-state index is 12.9. The first-order valence-electron chi connectivity index (χ1n) is 8.51. The van der Waals surface area contributed by atoms with Gasteiger partial charge < -0.3 is 4.90 Å². The van der Waals surface area contributed by atoms with Crippen molar-refractivity contribution in [1.29, 1.82) is 0 Å². The summed E-state index contributed by atoms with van der Waals surface area (Å²) in [5.41, 5.74) is 1.17. The van der Waals surface area contributed by atoms with Crippen LogP contribution in [0, 0.1) is 0 Å². The van der Waals surface area contributed by atoms with Gasteiger partial charge in [-0.15, -0.1) is 0 Å². The SMILES string of the molecule is CCN(C(=O)c1cccc(S(=O)(=O)N2CCCC2)c1)c1ccccc1. The molecule has 1 amide bonds. The van der Waals surface area contributed by atoms with E-state index in [4.69, 9.17) is 0 Å². The molecule has 5 nitrogen and oxygen atoms in total. The third-order valence-corrected chi connectivity index (χ3v) is 6.31. The van der Waals surface area contributed by atoms with Crippen LogP contribution in [0.15, 0.2) is 59.5 Å². The van der Waals surface area contributed by atoms with E-state index in [-0.39, 0.29) is 10.8 Å². The minimum Gasteiger partial charge on any atom is -0.309 e. The Hall–Kier alpha value is -2.18. The fourth-order valence-corrected chi connectivity index (χ4v) is 4.64. The van der Waals surface area contributed by atoms with Gasteiger partial charge in [0.05, 0.1) is 4.90 Å². The average Bonchev–Trinajstić information content (AvgIpc) is 3.19. The average molecular weight is 358 g/mol. The van der Waals surface area contributed by atoms with Crippen molar-refractivity contribution in [3.63, 3.8) is 0 Å². The highest BCUT2D eigenvalue weighted by Crippen LogP contribution is 2.23. The molecule has 1 fully saturated rings. The lowest BCUT2D eigenvalue weighted by molar-refractivity contribution is 0.0988. The molecule has 132 valence electrons. The van der Waals surface area contributed by atoms with Gasteiger partial charge in [0, 0.05) is 30.9 Å². The Morgan fingerprint density at radius 1 is 1.04 bits per heavy atom. The van der Waals surface area contributed by atoms with Crippen LogP contribution in [0.25, 0.3) is 0 Å². The molecule has 1 heterocycles. The molecule has 1 saturated heterocycles. The van der Waals surface area contributed by atoms with E-state index in [1.54, 1.807) is 23.1 Å². The molecule has 0 aliphatic carbocycles. The number of carbonyl (C=O) groups excluding carboxylic acids is 1. The Bertz CT molecular complexity index is 844. The number of sulfonamides is 1. The molecule has 1 aliphatic rings. The van der Waals surface area contributed by atoms with Gasteiger partial charge >= 0.3 is 0 Å². The summed E-state index contributed by atoms with van der Waals surface area (Å²) in [5.74, 6) is -0.202. The highest BCUT2D eigenvalue weighted by molar-refractivity contribution is 7.89. The van der Waals surface area contributed by atoms with Crippen LogP contribution in [0.2, 0.25) is 0 Å². The van der Waals surface area contributed by atoms with E-state index in [1.807, 2.05) is 37.3 Å². The van der Waals surface area contributed by atoms with Gasteiger partial charge in [0.25, 0.3) is 5.91 Å². The minimum atomic E-state index is -3.53. The number of para-hydroxylation sites is 1. The summed E-state index contributed by atoms with van der Waals surface area (Å²) in [6.07, 6.45) is 1.77. The molecule has 2 aromatic carbocycles. The quantitative estimate of drug-likeness (QED) is 0.825. The third kappa shape index (κ3) is 3.60. The Morgan fingerprint density at radius 2 is 1.72 bits per heavy atom. The lowest BCUT2D eigenvalue weighted by atomic mass is 10.2. The van der Waals surface area contributed by atoms with Gasteiger partial charge in [-0.25, -0.2) is 8.42 Å². The molecule has 0 bridgehead atoms. The zero-order valence-corrected chi connectivity index (χ0v) is 15.1. The maximum Gasteiger partial charge on any atom is 0.258 e. The molecule has 0 N–H and O–H groups in total. The van der Waals surface area contributed by atoms with Gasteiger partial charge in [0.1, 0.15) is 0 Å². The monoisotopic (exact) mass is 358 g/mol. The van der Waals surface area contributed by atoms with Crippen molar-refractivity contribution in [2.75, 3.05) is 24.5 Å². The smallest absolute Gasteiger partial charge is 0.258 e. The number of benzene rings is 2. The standard InChI is InChI=1S/C19H22N2O3S/c1-2-21(17-10-4-3-5-11-17)19(22)16-9-8-12-18(15-16)25(23,24)20-13-6-7-14-20/h3-5,8-12,15H,2,6-7,13-14H2,1H3. The largest absolute Gasteiger partial charge is 0.309 e. The summed E-state index contributed by atoms with van der Waals surface area (Å²) in [7, 11) is -3.53. The van der Waals surface area contributed by atoms with Crippen LogP contribution >= 0.6 is 0 Å². The van der Waals surface area contributed by atoms with Crippen molar-refractivity contribution in [2.45, 2.75) is 24.7 Å². The Kier molecular flexibility index (Phi) is 5.20. The molecule has 1 aliphatic heterocycles. The van der Waals surface area contributed by atoms with Crippen molar-refractivity contribution in [3.05, 3.63) is 60.2 Å². The number of nitrogens with zero attached hydrogens (tertiary/aromatic N) is 2. The zero-order valence-electron chi connectivity index (χ0n) is 14.3. The van der Waals surface area contributed by atoms with Gasteiger partial charge in [0.2, 0.25) is 10.0 Å². The molecule has 6 heteroatoms. The van der Waals surface area contributed by atoms with E-state index in [2.05, 4.69) is 0 Å². The second-order valence-corrected chi connectivity index (χ2v) is 7.96. The molecule has 0 spiro atoms. The highest BCUT2D eigenvalue weighted by Gasteiger charge is 2.28. The van der Waals surface area contributed by atoms with Crippen LogP contribution in [0.3, 0.4) is 0 Å². The topological polar surface area (TPSA) is 57.7 Å². The summed E-state index contributed by atoms with van der Waals surface area (Å²) >= 11 is 0. The van der Waals surface area contributed by atoms with E-state index < -0.39 is 10.0 Å². The predicted molar refractivity (Wildman–Crippen MR) is 98.2 cm³/mol. The summed E-state index contributed by atoms with van der Waals surface area (Å²) in [4.78, 5) is 14.7. The predicted octanol–water partition coefficient (Wildman–Crippen LogP) is 3.14. The van der Waals surface area contributed by atoms with Crippen LogP contribution in [0.5, 0.6) is 0 Å². The van der Waals surface area contributed by atoms with Crippen LogP contribution < -0.4 is 4.90 Å². The van der Waals surface area contributed by atoms with E-state index >= 15 is 0 Å². The molecule has 0 aromatic heterocycles. The van der Waals surface area contributed by atoms with Crippen LogP contribution in [-0.2, 0) is 10.0 Å². The summed E-state index contributed by atoms with van der Waals surface area (Å²) in [5, 5.41) is 0. The second kappa shape index (κ2) is 7.37. The molecule has 0 saturated carbocycles. The van der Waals surface area contributed by atoms with Crippen molar-refractivity contribution >= 4 is 21.6 Å². The van der Waals surface area contributed by atoms with Crippen LogP contribution in [0.4, 0.5) is 5.69 Å². The molecule has 0 atom stereocenters. The van der Waals surface area contributed by atoms with Gasteiger partial charge in [-0.1, -0.05) is 24.3 Å². The van der Waals surface area contributed by atoms with Gasteiger partial charge in [-0.3, -0.25) is 4.79 Å². The number of hydrogen-bond acceptors (Lipinski definition) is 3. The van der Waals surface area contributed by atoms with Gasteiger partial charge in [-0.05, 0) is 50.1 Å². The summed E-state index contributed by atoms with van der Waals surface area (Å²) in [6.45, 7) is 3.50. The van der Waals surface area contributed by atoms with E-state index in [0.717, 1.165) is 18.5 Å². The number of rotatable bonds is 5. The minimum absolute atomic E-state index is 0.185. The molecule has 3 rings (SSSR count). The summed E-state index contributed by atoms with van der Waals surface area (Å²) in [6, 6.07) is 15.7. The van der Waals surface area contributed by atoms with Crippen LogP contribution in [0.1, 0.15) is 30.1 Å². The zero-order chi connectivity index (χ0) is 17.9. The van der Waals surface area contributed by atoms with E-state index in [0.29, 0.717) is 25.2 Å². The number of carbonyl (C=O) groups is 1. The molecule has 0 radical (unpaired) electrons. The molecule has 2 aromatic rings. The Balaban J connectivity index is 1.92. The number of amides is 1. The normalized spacial score (nSPS) is 15.2. The van der Waals surface area contributed by atoms with E-state index in [9.17, 15) is 13.2 Å². The van der Waals surface area contributed by atoms with Crippen molar-refractivity contribution < 1.29 is 13.2 Å². The first-order chi connectivity index (χ1) is 12.0. The second-order valence-electron chi connectivity index (χ2n) is 6.02. The first kappa shape index (κ1) is 17.6. The van der Waals surface area contributed by atoms with Crippen molar-refractivity contribution in [2.24, 2.45) is 0 Å². The molecular weight excluding hydrogens is 336 g/mol. The van der Waals surface area contributed by atoms with Crippen LogP contribution in [-0.4, -0.2) is 38.3 Å². The lowest BCUT2D eigenvalue weighted by Crippen LogP contribution is -2.31. The van der Waals surface area contributed by atoms with Crippen molar-refractivity contribution in [1.82, 2.24) is 4.31 Å². The Morgan fingerprint density at radius 3 is 2.36 bits per heavy atom. The lowest BCUT2D eigenvalue weighted by Gasteiger charge is -2.22. The third-order valence-electron chi connectivity index (χ3n) is 4.41. The fourth-order valence-electron chi connectivity index (χ4n) is 3.07. The van der Waals surface area contributed by atoms with E-state index in [1.165, 1.54) is 10.4 Å². The molecule has 0 unspecified atom stereocenters. The van der Waals surface area contributed by atoms with Gasteiger partial charge in [0.15, 0.2) is 0 Å². The summed E-state index contributed by atoms with van der Waals surface area (Å²) < 4.78 is 26.9. The van der Waals surface area contributed by atoms with Gasteiger partial charge in [-0.2, -0.15) is 4.31 Å². The maximum absolute atomic E-state index is 12.9. The highest BCUT2D eigenvalue weighted by atomic mass is 32.2. The molecular formula is C19H22N2O3S. The molecule has 25 heavy (non-hydrogen) atoms. The number of anilines is 1. The Labute approximate surface area is 148 Å².